The van der Waals surface area contributed by atoms with Gasteiger partial charge in [0.05, 0.1) is 18.5 Å². The fourth-order valence-electron chi connectivity index (χ4n) is 3.18. The summed E-state index contributed by atoms with van der Waals surface area (Å²) in [6.07, 6.45) is 0. The Labute approximate surface area is 168 Å². The Morgan fingerprint density at radius 2 is 1.55 bits per heavy atom. The highest BCUT2D eigenvalue weighted by molar-refractivity contribution is 6.10. The molecule has 0 radical (unpaired) electrons. The molecule has 1 heterocycles. The minimum Gasteiger partial charge on any atom is -0.497 e. The summed E-state index contributed by atoms with van der Waals surface area (Å²) in [7, 11) is 1.60. The van der Waals surface area contributed by atoms with Gasteiger partial charge in [0.2, 0.25) is 5.78 Å². The van der Waals surface area contributed by atoms with Crippen molar-refractivity contribution in [2.75, 3.05) is 7.11 Å². The summed E-state index contributed by atoms with van der Waals surface area (Å²) in [6.45, 7) is 0. The zero-order valence-corrected chi connectivity index (χ0v) is 15.7. The number of aromatic nitrogens is 2. The van der Waals surface area contributed by atoms with E-state index in [1.165, 1.54) is 0 Å². The SMILES string of the molecule is COc1ccc(-n2nc(C(=O)c3ccccc3)c(C#N)c2-c2ccccc2)cc1. The number of nitrogens with zero attached hydrogens (tertiary/aromatic N) is 3. The molecule has 0 N–H and O–H groups in total. The summed E-state index contributed by atoms with van der Waals surface area (Å²) in [5, 5.41) is 14.5. The van der Waals surface area contributed by atoms with Crippen LogP contribution in [0.2, 0.25) is 0 Å². The molecule has 140 valence electrons. The second-order valence-corrected chi connectivity index (χ2v) is 6.36. The first kappa shape index (κ1) is 18.2. The standard InChI is InChI=1S/C24H17N3O2/c1-29-20-14-12-19(13-15-20)27-23(17-8-4-2-5-9-17)21(16-25)22(26-27)24(28)18-10-6-3-7-11-18/h2-15H,1H3. The van der Waals surface area contributed by atoms with E-state index in [4.69, 9.17) is 4.74 Å². The van der Waals surface area contributed by atoms with E-state index in [2.05, 4.69) is 11.2 Å². The molecule has 0 unspecified atom stereocenters. The van der Waals surface area contributed by atoms with E-state index in [-0.39, 0.29) is 17.0 Å². The number of nitriles is 1. The molecule has 0 atom stereocenters. The van der Waals surface area contributed by atoms with Crippen molar-refractivity contribution in [2.24, 2.45) is 0 Å². The summed E-state index contributed by atoms with van der Waals surface area (Å²) >= 11 is 0. The number of rotatable bonds is 5. The first-order chi connectivity index (χ1) is 14.2. The van der Waals surface area contributed by atoms with Crippen molar-refractivity contribution in [1.29, 1.82) is 5.26 Å². The van der Waals surface area contributed by atoms with Gasteiger partial charge in [-0.2, -0.15) is 10.4 Å². The third-order valence-corrected chi connectivity index (χ3v) is 4.61. The molecule has 0 spiro atoms. The fraction of sp³-hybridized carbons (Fsp3) is 0.0417. The highest BCUT2D eigenvalue weighted by Crippen LogP contribution is 2.30. The normalized spacial score (nSPS) is 10.3. The highest BCUT2D eigenvalue weighted by atomic mass is 16.5. The molecule has 0 bridgehead atoms. The number of carbonyl (C=O) groups is 1. The maximum absolute atomic E-state index is 13.1. The van der Waals surface area contributed by atoms with Crippen molar-refractivity contribution in [2.45, 2.75) is 0 Å². The van der Waals surface area contributed by atoms with Crippen molar-refractivity contribution in [3.8, 4) is 28.8 Å². The number of ether oxygens (including phenoxy) is 1. The van der Waals surface area contributed by atoms with Crippen molar-refractivity contribution in [1.82, 2.24) is 9.78 Å². The number of hydrogen-bond donors (Lipinski definition) is 0. The van der Waals surface area contributed by atoms with E-state index in [0.717, 1.165) is 11.3 Å². The van der Waals surface area contributed by atoms with Gasteiger partial charge >= 0.3 is 0 Å². The van der Waals surface area contributed by atoms with Gasteiger partial charge in [-0.05, 0) is 24.3 Å². The molecule has 0 saturated carbocycles. The zero-order chi connectivity index (χ0) is 20.2. The van der Waals surface area contributed by atoms with E-state index >= 15 is 0 Å². The summed E-state index contributed by atoms with van der Waals surface area (Å²) in [5.74, 6) is 0.426. The Kier molecular flexibility index (Phi) is 4.91. The molecule has 5 nitrogen and oxygen atoms in total. The molecule has 3 aromatic carbocycles. The van der Waals surface area contributed by atoms with Crippen molar-refractivity contribution >= 4 is 5.78 Å². The van der Waals surface area contributed by atoms with Crippen LogP contribution in [-0.2, 0) is 0 Å². The van der Waals surface area contributed by atoms with E-state index in [0.29, 0.717) is 17.0 Å². The number of methoxy groups -OCH3 is 1. The minimum atomic E-state index is -0.286. The topological polar surface area (TPSA) is 67.9 Å². The van der Waals surface area contributed by atoms with Crippen molar-refractivity contribution in [3.63, 3.8) is 0 Å². The number of ketones is 1. The first-order valence-electron chi connectivity index (χ1n) is 9.05. The van der Waals surface area contributed by atoms with Gasteiger partial charge in [-0.1, -0.05) is 60.7 Å². The predicted octanol–water partition coefficient (Wildman–Crippen LogP) is 4.65. The predicted molar refractivity (Wildman–Crippen MR) is 110 cm³/mol. The molecule has 4 rings (SSSR count). The summed E-state index contributed by atoms with van der Waals surface area (Å²) in [6, 6.07) is 27.9. The Bertz CT molecular complexity index is 1190. The number of benzene rings is 3. The summed E-state index contributed by atoms with van der Waals surface area (Å²) in [5.41, 5.74) is 2.99. The van der Waals surface area contributed by atoms with Crippen LogP contribution < -0.4 is 4.74 Å². The lowest BCUT2D eigenvalue weighted by Gasteiger charge is -2.09. The van der Waals surface area contributed by atoms with Crippen LogP contribution in [0.15, 0.2) is 84.9 Å². The summed E-state index contributed by atoms with van der Waals surface area (Å²) < 4.78 is 6.87. The van der Waals surface area contributed by atoms with Gasteiger partial charge in [-0.25, -0.2) is 4.68 Å². The zero-order valence-electron chi connectivity index (χ0n) is 15.7. The molecule has 4 aromatic rings. The van der Waals surface area contributed by atoms with E-state index in [1.54, 1.807) is 36.1 Å². The molecular weight excluding hydrogens is 362 g/mol. The van der Waals surface area contributed by atoms with Crippen LogP contribution in [0.25, 0.3) is 16.9 Å². The maximum Gasteiger partial charge on any atom is 0.214 e. The van der Waals surface area contributed by atoms with Crippen LogP contribution >= 0.6 is 0 Å². The van der Waals surface area contributed by atoms with Gasteiger partial charge in [-0.15, -0.1) is 0 Å². The highest BCUT2D eigenvalue weighted by Gasteiger charge is 2.25. The van der Waals surface area contributed by atoms with E-state index < -0.39 is 0 Å². The lowest BCUT2D eigenvalue weighted by atomic mass is 10.0. The average molecular weight is 379 g/mol. The van der Waals surface area contributed by atoms with E-state index in [1.807, 2.05) is 60.7 Å². The van der Waals surface area contributed by atoms with Crippen LogP contribution in [0.1, 0.15) is 21.6 Å². The lowest BCUT2D eigenvalue weighted by Crippen LogP contribution is -2.05. The van der Waals surface area contributed by atoms with Crippen LogP contribution in [0.4, 0.5) is 0 Å². The van der Waals surface area contributed by atoms with Gasteiger partial charge < -0.3 is 4.74 Å². The summed E-state index contributed by atoms with van der Waals surface area (Å²) in [4.78, 5) is 13.1. The second-order valence-electron chi connectivity index (χ2n) is 6.36. The smallest absolute Gasteiger partial charge is 0.214 e. The van der Waals surface area contributed by atoms with Crippen LogP contribution in [0.5, 0.6) is 5.75 Å². The third-order valence-electron chi connectivity index (χ3n) is 4.61. The lowest BCUT2D eigenvalue weighted by molar-refractivity contribution is 0.103. The van der Waals surface area contributed by atoms with Crippen LogP contribution in [0, 0.1) is 11.3 Å². The molecule has 29 heavy (non-hydrogen) atoms. The molecule has 0 aliphatic heterocycles. The second kappa shape index (κ2) is 7.83. The van der Waals surface area contributed by atoms with Crippen molar-refractivity contribution < 1.29 is 9.53 Å². The Hall–Kier alpha value is -4.17. The molecule has 0 aliphatic carbocycles. The average Bonchev–Trinajstić information content (AvgIpc) is 3.19. The molecule has 1 aromatic heterocycles. The molecule has 0 saturated heterocycles. The monoisotopic (exact) mass is 379 g/mol. The Morgan fingerprint density at radius 1 is 0.931 bits per heavy atom. The molecule has 0 amide bonds. The Balaban J connectivity index is 1.95. The van der Waals surface area contributed by atoms with Gasteiger partial charge in [0, 0.05) is 11.1 Å². The van der Waals surface area contributed by atoms with Crippen LogP contribution in [-0.4, -0.2) is 22.7 Å². The van der Waals surface area contributed by atoms with Crippen LogP contribution in [0.3, 0.4) is 0 Å². The molecule has 0 aliphatic rings. The third kappa shape index (κ3) is 3.40. The number of carbonyl (C=O) groups excluding carboxylic acids is 1. The van der Waals surface area contributed by atoms with Crippen molar-refractivity contribution in [3.05, 3.63) is 102 Å². The quantitative estimate of drug-likeness (QED) is 0.473. The van der Waals surface area contributed by atoms with E-state index in [9.17, 15) is 10.1 Å². The maximum atomic E-state index is 13.1. The minimum absolute atomic E-state index is 0.133. The van der Waals surface area contributed by atoms with Gasteiger partial charge in [0.25, 0.3) is 0 Å². The molecule has 0 fully saturated rings. The Morgan fingerprint density at radius 3 is 2.14 bits per heavy atom. The fourth-order valence-corrected chi connectivity index (χ4v) is 3.18. The number of hydrogen-bond acceptors (Lipinski definition) is 4. The molecular formula is C24H17N3O2. The largest absolute Gasteiger partial charge is 0.497 e. The van der Waals surface area contributed by atoms with Gasteiger partial charge in [0.1, 0.15) is 17.4 Å². The molecule has 5 heteroatoms. The van der Waals surface area contributed by atoms with Gasteiger partial charge in [-0.3, -0.25) is 4.79 Å². The first-order valence-corrected chi connectivity index (χ1v) is 9.05. The van der Waals surface area contributed by atoms with Gasteiger partial charge in [0.15, 0.2) is 5.69 Å².